The van der Waals surface area contributed by atoms with Crippen molar-refractivity contribution in [2.24, 2.45) is 0 Å². The highest BCUT2D eigenvalue weighted by Crippen LogP contribution is 2.33. The molecule has 0 amide bonds. The third-order valence-corrected chi connectivity index (χ3v) is 5.31. The summed E-state index contributed by atoms with van der Waals surface area (Å²) >= 11 is 1.73. The Kier molecular flexibility index (Phi) is 6.98. The summed E-state index contributed by atoms with van der Waals surface area (Å²) in [7, 11) is -4.94. The van der Waals surface area contributed by atoms with Gasteiger partial charge in [-0.1, -0.05) is 42.5 Å². The summed E-state index contributed by atoms with van der Waals surface area (Å²) < 4.78 is 36.2. The van der Waals surface area contributed by atoms with Gasteiger partial charge in [0.25, 0.3) is 5.69 Å². The molecule has 30 heavy (non-hydrogen) atoms. The summed E-state index contributed by atoms with van der Waals surface area (Å²) in [6.45, 7) is 0.869. The van der Waals surface area contributed by atoms with Crippen LogP contribution in [0.3, 0.4) is 0 Å². The zero-order chi connectivity index (χ0) is 21.7. The average molecular weight is 450 g/mol. The number of aromatic nitrogens is 2. The SMILES string of the molecule is O=[N+]([O-])c1cccc(-c2c(-c3ccccc3)cnc3[n+]2CCCS3)c1.[O-][Cl+3]([O-])([O-])[O-]. The predicted octanol–water partition coefficient (Wildman–Crippen LogP) is -0.649. The van der Waals surface area contributed by atoms with E-state index < -0.39 is 10.2 Å². The van der Waals surface area contributed by atoms with Gasteiger partial charge in [0, 0.05) is 23.4 Å². The Morgan fingerprint density at radius 2 is 1.67 bits per heavy atom. The zero-order valence-corrected chi connectivity index (χ0v) is 17.0. The molecule has 0 unspecified atom stereocenters. The van der Waals surface area contributed by atoms with E-state index in [1.54, 1.807) is 23.9 Å². The van der Waals surface area contributed by atoms with E-state index in [-0.39, 0.29) is 10.6 Å². The molecule has 4 rings (SSSR count). The van der Waals surface area contributed by atoms with E-state index >= 15 is 0 Å². The summed E-state index contributed by atoms with van der Waals surface area (Å²) in [5.41, 5.74) is 3.99. The molecular weight excluding hydrogens is 434 g/mol. The van der Waals surface area contributed by atoms with Gasteiger partial charge in [0.1, 0.15) is 5.69 Å². The van der Waals surface area contributed by atoms with Crippen LogP contribution in [-0.4, -0.2) is 15.7 Å². The summed E-state index contributed by atoms with van der Waals surface area (Å²) in [6.07, 6.45) is 2.94. The van der Waals surface area contributed by atoms with Gasteiger partial charge in [-0.25, -0.2) is 23.2 Å². The van der Waals surface area contributed by atoms with E-state index in [9.17, 15) is 10.1 Å². The maximum atomic E-state index is 11.2. The number of nitro groups is 1. The second-order valence-corrected chi connectivity index (χ2v) is 8.03. The van der Waals surface area contributed by atoms with Gasteiger partial charge in [0.15, 0.2) is 6.20 Å². The van der Waals surface area contributed by atoms with Crippen LogP contribution in [0.4, 0.5) is 5.69 Å². The number of fused-ring (bicyclic) bond motifs is 1. The Bertz CT molecular complexity index is 1040. The second-order valence-electron chi connectivity index (χ2n) is 6.21. The molecule has 0 radical (unpaired) electrons. The van der Waals surface area contributed by atoms with E-state index in [1.807, 2.05) is 42.6 Å². The Balaban J connectivity index is 0.000000461. The fourth-order valence-electron chi connectivity index (χ4n) is 3.11. The van der Waals surface area contributed by atoms with E-state index in [1.165, 1.54) is 6.07 Å². The largest absolute Gasteiger partial charge is 0.359 e. The minimum absolute atomic E-state index is 0.103. The van der Waals surface area contributed by atoms with Gasteiger partial charge >= 0.3 is 5.16 Å². The third-order valence-electron chi connectivity index (χ3n) is 4.23. The molecule has 1 aliphatic heterocycles. The highest BCUT2D eigenvalue weighted by Gasteiger charge is 2.27. The van der Waals surface area contributed by atoms with Crippen LogP contribution in [0.2, 0.25) is 0 Å². The summed E-state index contributed by atoms with van der Waals surface area (Å²) in [5, 5.41) is 12.2. The molecular formula is C19H16ClN3O6S. The third kappa shape index (κ3) is 5.72. The molecule has 156 valence electrons. The van der Waals surface area contributed by atoms with Crippen molar-refractivity contribution in [1.82, 2.24) is 4.98 Å². The first-order valence-corrected chi connectivity index (χ1v) is 10.9. The van der Waals surface area contributed by atoms with E-state index in [0.717, 1.165) is 46.3 Å². The Labute approximate surface area is 178 Å². The molecule has 9 nitrogen and oxygen atoms in total. The highest BCUT2D eigenvalue weighted by molar-refractivity contribution is 7.99. The van der Waals surface area contributed by atoms with Crippen molar-refractivity contribution in [2.75, 3.05) is 5.75 Å². The van der Waals surface area contributed by atoms with Crippen LogP contribution in [0.5, 0.6) is 0 Å². The Morgan fingerprint density at radius 1 is 1.00 bits per heavy atom. The van der Waals surface area contributed by atoms with Crippen molar-refractivity contribution in [3.8, 4) is 22.4 Å². The van der Waals surface area contributed by atoms with Crippen LogP contribution in [0.25, 0.3) is 22.4 Å². The highest BCUT2D eigenvalue weighted by atomic mass is 35.7. The predicted molar refractivity (Wildman–Crippen MR) is 97.3 cm³/mol. The van der Waals surface area contributed by atoms with Crippen molar-refractivity contribution in [1.29, 1.82) is 0 Å². The molecule has 11 heteroatoms. The zero-order valence-electron chi connectivity index (χ0n) is 15.5. The van der Waals surface area contributed by atoms with Gasteiger partial charge in [-0.2, -0.15) is 0 Å². The molecule has 0 saturated carbocycles. The molecule has 0 N–H and O–H groups in total. The minimum atomic E-state index is -4.94. The monoisotopic (exact) mass is 449 g/mol. The number of hydrogen-bond donors (Lipinski definition) is 0. The Hall–Kier alpha value is -2.60. The summed E-state index contributed by atoms with van der Waals surface area (Å²) in [6, 6.07) is 16.9. The number of nitro benzene ring substituents is 1. The first kappa shape index (κ1) is 22.1. The maximum Gasteiger partial charge on any atom is 0.359 e. The fraction of sp³-hybridized carbons (Fsp3) is 0.158. The number of benzene rings is 2. The Morgan fingerprint density at radius 3 is 2.33 bits per heavy atom. The molecule has 0 fully saturated rings. The lowest BCUT2D eigenvalue weighted by Gasteiger charge is -2.17. The molecule has 2 heterocycles. The van der Waals surface area contributed by atoms with Crippen LogP contribution in [0.15, 0.2) is 66.0 Å². The molecule has 0 spiro atoms. The molecule has 0 aliphatic carbocycles. The lowest BCUT2D eigenvalue weighted by Crippen LogP contribution is -2.68. The maximum absolute atomic E-state index is 11.2. The van der Waals surface area contributed by atoms with Crippen molar-refractivity contribution < 1.29 is 38.4 Å². The van der Waals surface area contributed by atoms with Gasteiger partial charge in [0.2, 0.25) is 0 Å². The van der Waals surface area contributed by atoms with Crippen molar-refractivity contribution in [3.63, 3.8) is 0 Å². The average Bonchev–Trinajstić information content (AvgIpc) is 2.72. The van der Waals surface area contributed by atoms with Gasteiger partial charge in [0.05, 0.1) is 17.0 Å². The normalized spacial score (nSPS) is 13.1. The van der Waals surface area contributed by atoms with Gasteiger partial charge < -0.3 is 0 Å². The number of rotatable bonds is 3. The summed E-state index contributed by atoms with van der Waals surface area (Å²) in [4.78, 5) is 15.5. The van der Waals surface area contributed by atoms with Gasteiger partial charge in [-0.05, 0) is 28.7 Å². The van der Waals surface area contributed by atoms with E-state index in [2.05, 4.69) is 9.55 Å². The number of non-ortho nitro benzene ring substituents is 1. The second kappa shape index (κ2) is 9.47. The standard InChI is InChI=1S/C19H16N3O2S.ClHO4/c23-22(24)16-9-4-8-15(12-16)18-17(14-6-2-1-3-7-14)13-20-19-21(18)10-5-11-25-19;2-1(3,4)5/h1-4,6-9,12-13H,5,10-11H2;(H,2,3,4,5)/q+1;/p-1. The molecule has 0 atom stereocenters. The molecule has 1 aromatic heterocycles. The lowest BCUT2D eigenvalue weighted by atomic mass is 10.00. The van der Waals surface area contributed by atoms with Gasteiger partial charge in [-0.3, -0.25) is 10.1 Å². The van der Waals surface area contributed by atoms with Crippen LogP contribution < -0.4 is 23.2 Å². The van der Waals surface area contributed by atoms with Crippen LogP contribution in [0, 0.1) is 20.4 Å². The van der Waals surface area contributed by atoms with E-state index in [0.29, 0.717) is 0 Å². The smallest absolute Gasteiger partial charge is 0.258 e. The van der Waals surface area contributed by atoms with Crippen LogP contribution >= 0.6 is 11.8 Å². The number of hydrogen-bond acceptors (Lipinski definition) is 8. The van der Waals surface area contributed by atoms with Crippen molar-refractivity contribution in [3.05, 3.63) is 70.9 Å². The quantitative estimate of drug-likeness (QED) is 0.221. The van der Waals surface area contributed by atoms with Crippen molar-refractivity contribution in [2.45, 2.75) is 18.1 Å². The van der Waals surface area contributed by atoms with Crippen molar-refractivity contribution >= 4 is 17.4 Å². The van der Waals surface area contributed by atoms with Crippen LogP contribution in [-0.2, 0) is 6.54 Å². The van der Waals surface area contributed by atoms with Crippen LogP contribution in [0.1, 0.15) is 6.42 Å². The number of nitrogens with zero attached hydrogens (tertiary/aromatic N) is 3. The topological polar surface area (TPSA) is 152 Å². The first-order valence-electron chi connectivity index (χ1n) is 8.71. The first-order chi connectivity index (χ1) is 14.2. The number of halogens is 1. The molecule has 1 aliphatic rings. The molecule has 2 aromatic carbocycles. The summed E-state index contributed by atoms with van der Waals surface area (Å²) in [5.74, 6) is 1.05. The van der Waals surface area contributed by atoms with Gasteiger partial charge in [-0.15, -0.1) is 10.2 Å². The molecule has 0 saturated heterocycles. The lowest BCUT2D eigenvalue weighted by molar-refractivity contribution is -2.00. The molecule has 3 aromatic rings. The number of thioether (sulfide) groups is 1. The molecule has 0 bridgehead atoms. The fourth-order valence-corrected chi connectivity index (χ4v) is 4.03. The minimum Gasteiger partial charge on any atom is -0.258 e. The van der Waals surface area contributed by atoms with E-state index in [4.69, 9.17) is 18.6 Å².